The lowest BCUT2D eigenvalue weighted by atomic mass is 10.1. The Morgan fingerprint density at radius 3 is 2.57 bits per heavy atom. The van der Waals surface area contributed by atoms with Crippen LogP contribution < -0.4 is 5.43 Å². The molecule has 0 atom stereocenters. The van der Waals surface area contributed by atoms with Crippen LogP contribution in [0.5, 0.6) is 11.5 Å². The van der Waals surface area contributed by atoms with E-state index in [-0.39, 0.29) is 17.4 Å². The van der Waals surface area contributed by atoms with Gasteiger partial charge >= 0.3 is 0 Å². The van der Waals surface area contributed by atoms with Gasteiger partial charge in [-0.15, -0.1) is 0 Å². The number of phenolic OH excluding ortho intramolecular Hbond substituents is 2. The first kappa shape index (κ1) is 15.1. The first-order valence-corrected chi connectivity index (χ1v) is 6.90. The fourth-order valence-corrected chi connectivity index (χ4v) is 2.18. The van der Waals surface area contributed by atoms with Crippen molar-refractivity contribution in [3.63, 3.8) is 0 Å². The summed E-state index contributed by atoms with van der Waals surface area (Å²) in [7, 11) is 0. The Morgan fingerprint density at radius 2 is 1.86 bits per heavy atom. The molecule has 0 fully saturated rings. The van der Waals surface area contributed by atoms with Gasteiger partial charge in [0.05, 0.1) is 11.3 Å². The van der Waals surface area contributed by atoms with E-state index < -0.39 is 0 Å². The molecule has 21 heavy (non-hydrogen) atoms. The van der Waals surface area contributed by atoms with Gasteiger partial charge in [0.2, 0.25) is 0 Å². The lowest BCUT2D eigenvalue weighted by molar-refractivity contribution is 0.0954. The van der Waals surface area contributed by atoms with Gasteiger partial charge in [-0.05, 0) is 53.2 Å². The van der Waals surface area contributed by atoms with Crippen molar-refractivity contribution in [1.29, 1.82) is 0 Å². The molecule has 5 nitrogen and oxygen atoms in total. The maximum Gasteiger partial charge on any atom is 0.272 e. The van der Waals surface area contributed by atoms with Gasteiger partial charge in [-0.2, -0.15) is 5.10 Å². The molecule has 0 heterocycles. The zero-order valence-corrected chi connectivity index (χ0v) is 12.8. The minimum atomic E-state index is -0.374. The number of amides is 1. The molecule has 1 amide bonds. The summed E-state index contributed by atoms with van der Waals surface area (Å²) in [6.45, 7) is 1.62. The minimum absolute atomic E-state index is 0.00878. The summed E-state index contributed by atoms with van der Waals surface area (Å²) in [5.41, 5.74) is 3.59. The quantitative estimate of drug-likeness (QED) is 0.453. The average molecular weight is 349 g/mol. The summed E-state index contributed by atoms with van der Waals surface area (Å²) in [6.07, 6.45) is 0. The fraction of sp³-hybridized carbons (Fsp3) is 0.0667. The normalized spacial score (nSPS) is 11.2. The topological polar surface area (TPSA) is 81.9 Å². The van der Waals surface area contributed by atoms with Crippen LogP contribution in [0.1, 0.15) is 22.8 Å². The Morgan fingerprint density at radius 1 is 1.14 bits per heavy atom. The molecule has 108 valence electrons. The molecule has 2 aromatic carbocycles. The Hall–Kier alpha value is -2.34. The molecular formula is C15H13BrN2O3. The highest BCUT2D eigenvalue weighted by atomic mass is 79.9. The van der Waals surface area contributed by atoms with Crippen molar-refractivity contribution < 1.29 is 15.0 Å². The van der Waals surface area contributed by atoms with E-state index in [2.05, 4.69) is 26.5 Å². The number of halogens is 1. The number of aromatic hydroxyl groups is 2. The smallest absolute Gasteiger partial charge is 0.272 e. The molecule has 0 aliphatic carbocycles. The highest BCUT2D eigenvalue weighted by Gasteiger charge is 2.10. The molecule has 0 bridgehead atoms. The third-order valence-electron chi connectivity index (χ3n) is 2.81. The average Bonchev–Trinajstić information content (AvgIpc) is 2.47. The van der Waals surface area contributed by atoms with Crippen LogP contribution in [0.25, 0.3) is 0 Å². The molecule has 2 rings (SSSR count). The first-order chi connectivity index (χ1) is 9.99. The maximum absolute atomic E-state index is 12.0. The van der Waals surface area contributed by atoms with Crippen LogP contribution in [0.15, 0.2) is 52.0 Å². The summed E-state index contributed by atoms with van der Waals surface area (Å²) in [6, 6.07) is 11.1. The second-order valence-corrected chi connectivity index (χ2v) is 5.17. The summed E-state index contributed by atoms with van der Waals surface area (Å²) in [5.74, 6) is -0.389. The van der Waals surface area contributed by atoms with E-state index >= 15 is 0 Å². The summed E-state index contributed by atoms with van der Waals surface area (Å²) < 4.78 is 0.663. The van der Waals surface area contributed by atoms with Gasteiger partial charge in [0.25, 0.3) is 5.91 Å². The number of phenols is 2. The Kier molecular flexibility index (Phi) is 4.59. The maximum atomic E-state index is 12.0. The second-order valence-electron chi connectivity index (χ2n) is 4.32. The highest BCUT2D eigenvalue weighted by molar-refractivity contribution is 9.10. The molecule has 0 aliphatic rings. The number of hydrogen-bond acceptors (Lipinski definition) is 4. The SMILES string of the molecule is C/C(=N\NC(=O)c1ccccc1Br)c1cc(O)ccc1O. The van der Waals surface area contributed by atoms with Gasteiger partial charge in [-0.1, -0.05) is 12.1 Å². The first-order valence-electron chi connectivity index (χ1n) is 6.10. The number of carbonyl (C=O) groups is 1. The molecule has 0 saturated heterocycles. The van der Waals surface area contributed by atoms with E-state index in [1.54, 1.807) is 31.2 Å². The van der Waals surface area contributed by atoms with E-state index in [0.29, 0.717) is 21.3 Å². The van der Waals surface area contributed by atoms with Gasteiger partial charge in [0, 0.05) is 10.0 Å². The van der Waals surface area contributed by atoms with E-state index in [1.165, 1.54) is 18.2 Å². The van der Waals surface area contributed by atoms with Crippen molar-refractivity contribution in [3.05, 3.63) is 58.1 Å². The molecule has 0 spiro atoms. The van der Waals surface area contributed by atoms with Crippen molar-refractivity contribution in [2.24, 2.45) is 5.10 Å². The molecule has 0 aromatic heterocycles. The molecule has 6 heteroatoms. The van der Waals surface area contributed by atoms with Crippen LogP contribution in [0.2, 0.25) is 0 Å². The van der Waals surface area contributed by atoms with Crippen LogP contribution in [0, 0.1) is 0 Å². The lowest BCUT2D eigenvalue weighted by Gasteiger charge is -2.06. The molecule has 0 unspecified atom stereocenters. The van der Waals surface area contributed by atoms with Crippen molar-refractivity contribution in [2.75, 3.05) is 0 Å². The molecular weight excluding hydrogens is 336 g/mol. The number of benzene rings is 2. The number of rotatable bonds is 3. The van der Waals surface area contributed by atoms with Gasteiger partial charge in [-0.3, -0.25) is 4.79 Å². The number of carbonyl (C=O) groups excluding carboxylic acids is 1. The van der Waals surface area contributed by atoms with Crippen LogP contribution in [-0.2, 0) is 0 Å². The summed E-state index contributed by atoms with van der Waals surface area (Å²) in [5, 5.41) is 23.1. The predicted molar refractivity (Wildman–Crippen MR) is 83.6 cm³/mol. The Labute approximate surface area is 130 Å². The fourth-order valence-electron chi connectivity index (χ4n) is 1.71. The van der Waals surface area contributed by atoms with Crippen molar-refractivity contribution in [1.82, 2.24) is 5.43 Å². The molecule has 0 radical (unpaired) electrons. The van der Waals surface area contributed by atoms with Gasteiger partial charge in [0.1, 0.15) is 11.5 Å². The van der Waals surface area contributed by atoms with Crippen molar-refractivity contribution >= 4 is 27.5 Å². The molecule has 3 N–H and O–H groups in total. The predicted octanol–water partition coefficient (Wildman–Crippen LogP) is 3.01. The summed E-state index contributed by atoms with van der Waals surface area (Å²) >= 11 is 3.29. The second kappa shape index (κ2) is 6.41. The molecule has 0 aliphatic heterocycles. The van der Waals surface area contributed by atoms with Crippen LogP contribution in [0.3, 0.4) is 0 Å². The number of nitrogens with zero attached hydrogens (tertiary/aromatic N) is 1. The van der Waals surface area contributed by atoms with Gasteiger partial charge in [0.15, 0.2) is 0 Å². The van der Waals surface area contributed by atoms with Gasteiger partial charge < -0.3 is 10.2 Å². The van der Waals surface area contributed by atoms with E-state index in [9.17, 15) is 15.0 Å². The van der Waals surface area contributed by atoms with Crippen LogP contribution >= 0.6 is 15.9 Å². The Bertz CT molecular complexity index is 714. The molecule has 2 aromatic rings. The number of hydrazone groups is 1. The van der Waals surface area contributed by atoms with Crippen molar-refractivity contribution in [3.8, 4) is 11.5 Å². The Balaban J connectivity index is 2.19. The standard InChI is InChI=1S/C15H13BrN2O3/c1-9(12-8-10(19)6-7-14(12)20)17-18-15(21)11-4-2-3-5-13(11)16/h2-8,19-20H,1H3,(H,18,21)/b17-9+. The van der Waals surface area contributed by atoms with Crippen molar-refractivity contribution in [2.45, 2.75) is 6.92 Å². The highest BCUT2D eigenvalue weighted by Crippen LogP contribution is 2.22. The number of nitrogens with one attached hydrogen (secondary N) is 1. The lowest BCUT2D eigenvalue weighted by Crippen LogP contribution is -2.19. The van der Waals surface area contributed by atoms with E-state index in [1.807, 2.05) is 0 Å². The minimum Gasteiger partial charge on any atom is -0.508 e. The number of hydrogen-bond donors (Lipinski definition) is 3. The zero-order chi connectivity index (χ0) is 15.4. The molecule has 0 saturated carbocycles. The monoisotopic (exact) mass is 348 g/mol. The third-order valence-corrected chi connectivity index (χ3v) is 3.51. The third kappa shape index (κ3) is 3.61. The van der Waals surface area contributed by atoms with E-state index in [0.717, 1.165) is 0 Å². The van der Waals surface area contributed by atoms with Gasteiger partial charge in [-0.25, -0.2) is 5.43 Å². The largest absolute Gasteiger partial charge is 0.508 e. The van der Waals surface area contributed by atoms with Crippen LogP contribution in [0.4, 0.5) is 0 Å². The van der Waals surface area contributed by atoms with Crippen LogP contribution in [-0.4, -0.2) is 21.8 Å². The zero-order valence-electron chi connectivity index (χ0n) is 11.2. The van der Waals surface area contributed by atoms with E-state index in [4.69, 9.17) is 0 Å². The summed E-state index contributed by atoms with van der Waals surface area (Å²) in [4.78, 5) is 12.0.